The van der Waals surface area contributed by atoms with E-state index in [0.717, 1.165) is 0 Å². The van der Waals surface area contributed by atoms with Crippen LogP contribution in [0.1, 0.15) is 25.0 Å². The fourth-order valence-corrected chi connectivity index (χ4v) is 2.04. The smallest absolute Gasteiger partial charge is 0.133 e. The van der Waals surface area contributed by atoms with Crippen molar-refractivity contribution in [2.24, 2.45) is 0 Å². The van der Waals surface area contributed by atoms with E-state index in [-0.39, 0.29) is 5.56 Å². The van der Waals surface area contributed by atoms with E-state index < -0.39 is 17.7 Å². The van der Waals surface area contributed by atoms with Crippen LogP contribution in [0.2, 0.25) is 5.02 Å². The maximum absolute atomic E-state index is 13.8. The third-order valence-corrected chi connectivity index (χ3v) is 3.28. The van der Waals surface area contributed by atoms with Crippen LogP contribution >= 0.6 is 11.6 Å². The summed E-state index contributed by atoms with van der Waals surface area (Å²) in [6.45, 7) is 1.79. The Bertz CT molecular complexity index is 599. The van der Waals surface area contributed by atoms with E-state index in [1.807, 2.05) is 0 Å². The molecule has 0 heterocycles. The molecule has 0 saturated carbocycles. The molecule has 0 fully saturated rings. The van der Waals surface area contributed by atoms with E-state index in [9.17, 15) is 8.78 Å². The Morgan fingerprint density at radius 1 is 1.20 bits per heavy atom. The summed E-state index contributed by atoms with van der Waals surface area (Å²) >= 11 is 5.82. The fourth-order valence-electron chi connectivity index (χ4n) is 1.92. The Morgan fingerprint density at radius 3 is 2.40 bits per heavy atom. The van der Waals surface area contributed by atoms with Crippen LogP contribution in [-0.2, 0) is 0 Å². The molecule has 0 aliphatic carbocycles. The summed E-state index contributed by atoms with van der Waals surface area (Å²) in [5, 5.41) is 0.405. The molecule has 0 aromatic heterocycles. The van der Waals surface area contributed by atoms with E-state index in [4.69, 9.17) is 22.1 Å². The lowest BCUT2D eigenvalue weighted by atomic mass is 10.1. The molecule has 0 amide bonds. The molecule has 0 aliphatic rings. The predicted molar refractivity (Wildman–Crippen MR) is 75.9 cm³/mol. The number of hydrogen-bond donors (Lipinski definition) is 1. The lowest BCUT2D eigenvalue weighted by Crippen LogP contribution is -2.11. The fraction of sp³-hybridized carbons (Fsp3) is 0.200. The van der Waals surface area contributed by atoms with Crippen LogP contribution < -0.4 is 10.5 Å². The number of halogens is 3. The van der Waals surface area contributed by atoms with E-state index in [1.54, 1.807) is 19.1 Å². The second kappa shape index (κ2) is 6.09. The first-order valence-corrected chi connectivity index (χ1v) is 6.56. The van der Waals surface area contributed by atoms with Gasteiger partial charge in [-0.3, -0.25) is 0 Å². The lowest BCUT2D eigenvalue weighted by molar-refractivity contribution is 0.191. The molecule has 2 nitrogen and oxygen atoms in total. The standard InChI is InChI=1S/C15H14ClF2NO/c1-2-14(15-11(17)4-3-5-12(15)18)20-9-6-7-10(16)13(19)8-9/h3-8,14H,2,19H2,1H3. The van der Waals surface area contributed by atoms with Crippen molar-refractivity contribution in [3.8, 4) is 5.75 Å². The Labute approximate surface area is 121 Å². The van der Waals surface area contributed by atoms with Gasteiger partial charge in [0.25, 0.3) is 0 Å². The Hall–Kier alpha value is -1.81. The van der Waals surface area contributed by atoms with E-state index in [2.05, 4.69) is 0 Å². The highest BCUT2D eigenvalue weighted by atomic mass is 35.5. The Morgan fingerprint density at radius 2 is 1.85 bits per heavy atom. The number of anilines is 1. The van der Waals surface area contributed by atoms with Crippen LogP contribution in [0.4, 0.5) is 14.5 Å². The molecule has 2 rings (SSSR count). The lowest BCUT2D eigenvalue weighted by Gasteiger charge is -2.19. The molecule has 0 radical (unpaired) electrons. The van der Waals surface area contributed by atoms with Crippen LogP contribution in [0.25, 0.3) is 0 Å². The molecule has 0 spiro atoms. The van der Waals surface area contributed by atoms with Gasteiger partial charge in [0, 0.05) is 6.07 Å². The molecule has 106 valence electrons. The first-order valence-electron chi connectivity index (χ1n) is 6.18. The second-order valence-electron chi connectivity index (χ2n) is 4.33. The van der Waals surface area contributed by atoms with Crippen LogP contribution in [0.3, 0.4) is 0 Å². The van der Waals surface area contributed by atoms with Crippen LogP contribution in [0.5, 0.6) is 5.75 Å². The average Bonchev–Trinajstić information content (AvgIpc) is 2.41. The molecule has 1 atom stereocenters. The quantitative estimate of drug-likeness (QED) is 0.828. The molecule has 1 unspecified atom stereocenters. The largest absolute Gasteiger partial charge is 0.485 e. The van der Waals surface area contributed by atoms with Crippen LogP contribution in [-0.4, -0.2) is 0 Å². The summed E-state index contributed by atoms with van der Waals surface area (Å²) in [6, 6.07) is 8.46. The van der Waals surface area contributed by atoms with E-state index >= 15 is 0 Å². The van der Waals surface area contributed by atoms with Crippen molar-refractivity contribution in [1.29, 1.82) is 0 Å². The number of benzene rings is 2. The van der Waals surface area contributed by atoms with Gasteiger partial charge in [-0.05, 0) is 30.7 Å². The molecule has 2 N–H and O–H groups in total. The third kappa shape index (κ3) is 3.02. The molecule has 5 heteroatoms. The van der Waals surface area contributed by atoms with Gasteiger partial charge < -0.3 is 10.5 Å². The number of nitrogens with two attached hydrogens (primary N) is 1. The van der Waals surface area contributed by atoms with Crippen molar-refractivity contribution in [2.75, 3.05) is 5.73 Å². The van der Waals surface area contributed by atoms with Crippen molar-refractivity contribution in [3.63, 3.8) is 0 Å². The van der Waals surface area contributed by atoms with E-state index in [0.29, 0.717) is 22.9 Å². The maximum Gasteiger partial charge on any atom is 0.133 e. The van der Waals surface area contributed by atoms with Crippen molar-refractivity contribution >= 4 is 17.3 Å². The molecule has 2 aromatic carbocycles. The SMILES string of the molecule is CCC(Oc1ccc(Cl)c(N)c1)c1c(F)cccc1F. The predicted octanol–water partition coefficient (Wildman–Crippen LogP) is 4.73. The second-order valence-corrected chi connectivity index (χ2v) is 4.74. The number of nitrogen functional groups attached to an aromatic ring is 1. The van der Waals surface area contributed by atoms with Crippen LogP contribution in [0.15, 0.2) is 36.4 Å². The first-order chi connectivity index (χ1) is 9.52. The van der Waals surface area contributed by atoms with Crippen molar-refractivity contribution in [2.45, 2.75) is 19.4 Å². The normalized spacial score (nSPS) is 12.2. The highest BCUT2D eigenvalue weighted by Crippen LogP contribution is 2.31. The highest BCUT2D eigenvalue weighted by Gasteiger charge is 2.20. The summed E-state index contributed by atoms with van der Waals surface area (Å²) in [5.41, 5.74) is 5.95. The topological polar surface area (TPSA) is 35.2 Å². The first kappa shape index (κ1) is 14.6. The van der Waals surface area contributed by atoms with Gasteiger partial charge in [0.1, 0.15) is 23.5 Å². The van der Waals surface area contributed by atoms with Crippen molar-refractivity contribution in [3.05, 3.63) is 58.6 Å². The van der Waals surface area contributed by atoms with Gasteiger partial charge in [-0.1, -0.05) is 24.6 Å². The van der Waals surface area contributed by atoms with Gasteiger partial charge in [0.15, 0.2) is 0 Å². The Kier molecular flexibility index (Phi) is 4.45. The molecule has 0 saturated heterocycles. The third-order valence-electron chi connectivity index (χ3n) is 2.94. The Balaban J connectivity index is 2.31. The zero-order valence-electron chi connectivity index (χ0n) is 10.9. The number of ether oxygens (including phenoxy) is 1. The van der Waals surface area contributed by atoms with Crippen LogP contribution in [0, 0.1) is 11.6 Å². The minimum atomic E-state index is -0.725. The van der Waals surface area contributed by atoms with Crippen molar-refractivity contribution < 1.29 is 13.5 Å². The van der Waals surface area contributed by atoms with Gasteiger partial charge >= 0.3 is 0 Å². The minimum absolute atomic E-state index is 0.0801. The van der Waals surface area contributed by atoms with Gasteiger partial charge in [0.05, 0.1) is 16.3 Å². The molecule has 0 bridgehead atoms. The molecule has 2 aromatic rings. The van der Waals surface area contributed by atoms with Gasteiger partial charge in [0.2, 0.25) is 0 Å². The highest BCUT2D eigenvalue weighted by molar-refractivity contribution is 6.33. The summed E-state index contributed by atoms with van der Waals surface area (Å²) in [7, 11) is 0. The number of rotatable bonds is 4. The summed E-state index contributed by atoms with van der Waals surface area (Å²) < 4.78 is 33.2. The summed E-state index contributed by atoms with van der Waals surface area (Å²) in [6.07, 6.45) is -0.308. The van der Waals surface area contributed by atoms with Crippen molar-refractivity contribution in [1.82, 2.24) is 0 Å². The molecular weight excluding hydrogens is 284 g/mol. The minimum Gasteiger partial charge on any atom is -0.485 e. The van der Waals surface area contributed by atoms with Gasteiger partial charge in [-0.25, -0.2) is 8.78 Å². The zero-order valence-corrected chi connectivity index (χ0v) is 11.6. The zero-order chi connectivity index (χ0) is 14.7. The maximum atomic E-state index is 13.8. The van der Waals surface area contributed by atoms with Gasteiger partial charge in [-0.15, -0.1) is 0 Å². The molecular formula is C15H14ClF2NO. The number of hydrogen-bond acceptors (Lipinski definition) is 2. The monoisotopic (exact) mass is 297 g/mol. The van der Waals surface area contributed by atoms with E-state index in [1.165, 1.54) is 24.3 Å². The summed E-state index contributed by atoms with van der Waals surface area (Å²) in [5.74, 6) is -0.834. The molecule has 0 aliphatic heterocycles. The van der Waals surface area contributed by atoms with Gasteiger partial charge in [-0.2, -0.15) is 0 Å². The summed E-state index contributed by atoms with van der Waals surface area (Å²) in [4.78, 5) is 0. The molecule has 20 heavy (non-hydrogen) atoms. The average molecular weight is 298 g/mol.